The average molecular weight is 250 g/mol. The molecule has 4 heteroatoms. The highest BCUT2D eigenvalue weighted by Crippen LogP contribution is 2.11. The lowest BCUT2D eigenvalue weighted by molar-refractivity contribution is 0.554. The van der Waals surface area contributed by atoms with E-state index in [1.165, 1.54) is 6.42 Å². The zero-order valence-corrected chi connectivity index (χ0v) is 12.3. The van der Waals surface area contributed by atoms with Crippen LogP contribution < -0.4 is 10.2 Å². The molecule has 0 bridgehead atoms. The van der Waals surface area contributed by atoms with Crippen molar-refractivity contribution in [2.45, 2.75) is 46.7 Å². The third-order valence-corrected chi connectivity index (χ3v) is 3.04. The average Bonchev–Trinajstić information content (AvgIpc) is 2.36. The van der Waals surface area contributed by atoms with Gasteiger partial charge in [-0.05, 0) is 5.92 Å². The van der Waals surface area contributed by atoms with Gasteiger partial charge in [-0.25, -0.2) is 4.98 Å². The van der Waals surface area contributed by atoms with E-state index >= 15 is 0 Å². The van der Waals surface area contributed by atoms with Gasteiger partial charge in [0.25, 0.3) is 0 Å². The van der Waals surface area contributed by atoms with Crippen molar-refractivity contribution >= 4 is 5.82 Å². The molecule has 1 heterocycles. The van der Waals surface area contributed by atoms with Gasteiger partial charge in [0.2, 0.25) is 0 Å². The highest BCUT2D eigenvalue weighted by molar-refractivity contribution is 5.35. The second-order valence-corrected chi connectivity index (χ2v) is 5.30. The zero-order chi connectivity index (χ0) is 13.5. The van der Waals surface area contributed by atoms with Gasteiger partial charge in [-0.3, -0.25) is 4.98 Å². The highest BCUT2D eigenvalue weighted by atomic mass is 15.2. The molecule has 102 valence electrons. The Morgan fingerprint density at radius 1 is 1.28 bits per heavy atom. The van der Waals surface area contributed by atoms with Crippen LogP contribution in [0.2, 0.25) is 0 Å². The third-order valence-electron chi connectivity index (χ3n) is 3.04. The Bertz CT molecular complexity index is 351. The summed E-state index contributed by atoms with van der Waals surface area (Å²) in [5.41, 5.74) is 0.997. The van der Waals surface area contributed by atoms with Gasteiger partial charge in [0, 0.05) is 32.4 Å². The van der Waals surface area contributed by atoms with Crippen LogP contribution in [0.1, 0.15) is 39.8 Å². The van der Waals surface area contributed by atoms with E-state index in [0.29, 0.717) is 12.0 Å². The van der Waals surface area contributed by atoms with Crippen LogP contribution in [0.15, 0.2) is 12.4 Å². The van der Waals surface area contributed by atoms with Gasteiger partial charge in [0.1, 0.15) is 5.82 Å². The standard InChI is InChI=1S/C14H26N4/c1-6-12(4)10-18(5)14-9-15-7-13(17-14)8-16-11(2)3/h7,9,11-12,16H,6,8,10H2,1-5H3. The van der Waals surface area contributed by atoms with Gasteiger partial charge < -0.3 is 10.2 Å². The van der Waals surface area contributed by atoms with E-state index in [9.17, 15) is 0 Å². The Morgan fingerprint density at radius 2 is 2.00 bits per heavy atom. The van der Waals surface area contributed by atoms with E-state index in [1.807, 2.05) is 12.4 Å². The summed E-state index contributed by atoms with van der Waals surface area (Å²) in [5, 5.41) is 3.36. The maximum atomic E-state index is 4.63. The van der Waals surface area contributed by atoms with Crippen molar-refractivity contribution in [3.05, 3.63) is 18.1 Å². The minimum atomic E-state index is 0.466. The molecule has 1 aromatic rings. The van der Waals surface area contributed by atoms with Crippen LogP contribution in [-0.2, 0) is 6.54 Å². The summed E-state index contributed by atoms with van der Waals surface area (Å²) in [7, 11) is 2.08. The predicted molar refractivity (Wildman–Crippen MR) is 76.7 cm³/mol. The zero-order valence-electron chi connectivity index (χ0n) is 12.3. The Kier molecular flexibility index (Phi) is 6.05. The van der Waals surface area contributed by atoms with Crippen molar-refractivity contribution < 1.29 is 0 Å². The maximum absolute atomic E-state index is 4.63. The van der Waals surface area contributed by atoms with E-state index in [4.69, 9.17) is 0 Å². The van der Waals surface area contributed by atoms with E-state index in [0.717, 1.165) is 24.6 Å². The molecule has 1 N–H and O–H groups in total. The fourth-order valence-electron chi connectivity index (χ4n) is 1.66. The van der Waals surface area contributed by atoms with Crippen molar-refractivity contribution in [3.8, 4) is 0 Å². The number of anilines is 1. The van der Waals surface area contributed by atoms with Crippen molar-refractivity contribution in [2.75, 3.05) is 18.5 Å². The Morgan fingerprint density at radius 3 is 2.61 bits per heavy atom. The fraction of sp³-hybridized carbons (Fsp3) is 0.714. The number of hydrogen-bond acceptors (Lipinski definition) is 4. The molecule has 0 saturated heterocycles. The molecule has 0 saturated carbocycles. The molecule has 0 aromatic carbocycles. The molecule has 0 aliphatic rings. The molecule has 0 fully saturated rings. The molecule has 0 spiro atoms. The minimum absolute atomic E-state index is 0.466. The SMILES string of the molecule is CCC(C)CN(C)c1cncc(CNC(C)C)n1. The summed E-state index contributed by atoms with van der Waals surface area (Å²) >= 11 is 0. The molecule has 0 aliphatic carbocycles. The number of aromatic nitrogens is 2. The van der Waals surface area contributed by atoms with Crippen LogP contribution >= 0.6 is 0 Å². The lowest BCUT2D eigenvalue weighted by Gasteiger charge is -2.21. The van der Waals surface area contributed by atoms with Gasteiger partial charge in [0.05, 0.1) is 11.9 Å². The summed E-state index contributed by atoms with van der Waals surface area (Å²) in [6.45, 7) is 10.5. The van der Waals surface area contributed by atoms with E-state index in [1.54, 1.807) is 0 Å². The molecule has 0 amide bonds. The fourth-order valence-corrected chi connectivity index (χ4v) is 1.66. The molecule has 1 atom stereocenters. The summed E-state index contributed by atoms with van der Waals surface area (Å²) in [6.07, 6.45) is 4.85. The normalized spacial score (nSPS) is 12.8. The molecule has 0 radical (unpaired) electrons. The Hall–Kier alpha value is -1.16. The second-order valence-electron chi connectivity index (χ2n) is 5.30. The van der Waals surface area contributed by atoms with Crippen LogP contribution in [0.3, 0.4) is 0 Å². The largest absolute Gasteiger partial charge is 0.358 e. The number of nitrogens with zero attached hydrogens (tertiary/aromatic N) is 3. The molecule has 1 rings (SSSR count). The second kappa shape index (κ2) is 7.31. The van der Waals surface area contributed by atoms with Gasteiger partial charge in [0.15, 0.2) is 0 Å². The lowest BCUT2D eigenvalue weighted by Crippen LogP contribution is -2.26. The first kappa shape index (κ1) is 14.9. The Labute approximate surface area is 111 Å². The molecular formula is C14H26N4. The van der Waals surface area contributed by atoms with Crippen LogP contribution in [0.5, 0.6) is 0 Å². The first-order valence-corrected chi connectivity index (χ1v) is 6.78. The first-order chi connectivity index (χ1) is 8.52. The summed E-state index contributed by atoms with van der Waals surface area (Å²) in [6, 6.07) is 0.466. The number of hydrogen-bond donors (Lipinski definition) is 1. The third kappa shape index (κ3) is 5.00. The molecule has 1 aromatic heterocycles. The number of rotatable bonds is 7. The summed E-state index contributed by atoms with van der Waals surface area (Å²) in [4.78, 5) is 11.1. The van der Waals surface area contributed by atoms with E-state index < -0.39 is 0 Å². The molecular weight excluding hydrogens is 224 g/mol. The minimum Gasteiger partial charge on any atom is -0.358 e. The molecule has 1 unspecified atom stereocenters. The van der Waals surface area contributed by atoms with Crippen molar-refractivity contribution in [1.29, 1.82) is 0 Å². The quantitative estimate of drug-likeness (QED) is 0.807. The Balaban J connectivity index is 2.63. The highest BCUT2D eigenvalue weighted by Gasteiger charge is 2.08. The van der Waals surface area contributed by atoms with Crippen LogP contribution in [0.25, 0.3) is 0 Å². The lowest BCUT2D eigenvalue weighted by atomic mass is 10.1. The summed E-state index contributed by atoms with van der Waals surface area (Å²) in [5.74, 6) is 1.63. The molecule has 18 heavy (non-hydrogen) atoms. The summed E-state index contributed by atoms with van der Waals surface area (Å²) < 4.78 is 0. The predicted octanol–water partition coefficient (Wildman–Crippen LogP) is 2.46. The van der Waals surface area contributed by atoms with Crippen LogP contribution in [0, 0.1) is 5.92 Å². The maximum Gasteiger partial charge on any atom is 0.147 e. The van der Waals surface area contributed by atoms with Crippen molar-refractivity contribution in [3.63, 3.8) is 0 Å². The first-order valence-electron chi connectivity index (χ1n) is 6.78. The van der Waals surface area contributed by atoms with Gasteiger partial charge in [-0.1, -0.05) is 34.1 Å². The van der Waals surface area contributed by atoms with E-state index in [-0.39, 0.29) is 0 Å². The van der Waals surface area contributed by atoms with Gasteiger partial charge in [-0.2, -0.15) is 0 Å². The molecule has 4 nitrogen and oxygen atoms in total. The van der Waals surface area contributed by atoms with Crippen LogP contribution in [-0.4, -0.2) is 29.6 Å². The topological polar surface area (TPSA) is 41.1 Å². The van der Waals surface area contributed by atoms with Crippen LogP contribution in [0.4, 0.5) is 5.82 Å². The van der Waals surface area contributed by atoms with Crippen molar-refractivity contribution in [2.24, 2.45) is 5.92 Å². The van der Waals surface area contributed by atoms with Crippen molar-refractivity contribution in [1.82, 2.24) is 15.3 Å². The number of nitrogens with one attached hydrogen (secondary N) is 1. The smallest absolute Gasteiger partial charge is 0.147 e. The monoisotopic (exact) mass is 250 g/mol. The van der Waals surface area contributed by atoms with Gasteiger partial charge in [-0.15, -0.1) is 0 Å². The van der Waals surface area contributed by atoms with E-state index in [2.05, 4.69) is 54.9 Å². The molecule has 0 aliphatic heterocycles. The van der Waals surface area contributed by atoms with Gasteiger partial charge >= 0.3 is 0 Å².